The van der Waals surface area contributed by atoms with E-state index in [-0.39, 0.29) is 11.4 Å². The van der Waals surface area contributed by atoms with Gasteiger partial charge in [-0.15, -0.1) is 0 Å². The number of carbonyl (C=O) groups is 1. The Morgan fingerprint density at radius 2 is 2.13 bits per heavy atom. The molecule has 1 atom stereocenters. The monoisotopic (exact) mass is 324 g/mol. The lowest BCUT2D eigenvalue weighted by atomic mass is 10.0. The van der Waals surface area contributed by atoms with Crippen LogP contribution in [0.3, 0.4) is 0 Å². The SMILES string of the molecule is C/C=C(\C)C(=O)NC(c1cccc(C(F)(F)F)c1)c1ncn[nH]1. The molecule has 0 radical (unpaired) electrons. The first-order valence-corrected chi connectivity index (χ1v) is 6.79. The number of alkyl halides is 3. The van der Waals surface area contributed by atoms with Gasteiger partial charge in [0, 0.05) is 5.57 Å². The molecule has 0 aliphatic heterocycles. The highest BCUT2D eigenvalue weighted by Gasteiger charge is 2.31. The number of aromatic amines is 1. The van der Waals surface area contributed by atoms with Gasteiger partial charge in [-0.2, -0.15) is 18.3 Å². The van der Waals surface area contributed by atoms with Crippen LogP contribution in [0.2, 0.25) is 0 Å². The maximum atomic E-state index is 12.9. The van der Waals surface area contributed by atoms with Crippen LogP contribution in [0.4, 0.5) is 13.2 Å². The van der Waals surface area contributed by atoms with Crippen LogP contribution in [-0.4, -0.2) is 21.1 Å². The van der Waals surface area contributed by atoms with Gasteiger partial charge in [-0.05, 0) is 31.5 Å². The van der Waals surface area contributed by atoms with Crippen LogP contribution in [0.15, 0.2) is 42.2 Å². The van der Waals surface area contributed by atoms with Gasteiger partial charge in [-0.25, -0.2) is 4.98 Å². The fourth-order valence-corrected chi connectivity index (χ4v) is 1.93. The fraction of sp³-hybridized carbons (Fsp3) is 0.267. The summed E-state index contributed by atoms with van der Waals surface area (Å²) in [7, 11) is 0. The third-order valence-electron chi connectivity index (χ3n) is 3.32. The highest BCUT2D eigenvalue weighted by atomic mass is 19.4. The maximum absolute atomic E-state index is 12.9. The Labute approximate surface area is 130 Å². The molecule has 0 aliphatic carbocycles. The van der Waals surface area contributed by atoms with Crippen molar-refractivity contribution < 1.29 is 18.0 Å². The van der Waals surface area contributed by atoms with E-state index in [2.05, 4.69) is 20.5 Å². The first-order chi connectivity index (χ1) is 10.8. The van der Waals surface area contributed by atoms with Gasteiger partial charge in [0.25, 0.3) is 0 Å². The number of hydrogen-bond donors (Lipinski definition) is 2. The largest absolute Gasteiger partial charge is 0.416 e. The summed E-state index contributed by atoms with van der Waals surface area (Å²) in [5, 5.41) is 8.92. The summed E-state index contributed by atoms with van der Waals surface area (Å²) in [6, 6.07) is 3.88. The zero-order valence-corrected chi connectivity index (χ0v) is 12.5. The maximum Gasteiger partial charge on any atom is 0.416 e. The molecule has 1 aromatic carbocycles. The van der Waals surface area contributed by atoms with Crippen LogP contribution in [0.5, 0.6) is 0 Å². The number of carbonyl (C=O) groups excluding carboxylic acids is 1. The van der Waals surface area contributed by atoms with Crippen LogP contribution in [0, 0.1) is 0 Å². The molecule has 1 heterocycles. The first-order valence-electron chi connectivity index (χ1n) is 6.79. The molecular weight excluding hydrogens is 309 g/mol. The van der Waals surface area contributed by atoms with Crippen molar-refractivity contribution >= 4 is 5.91 Å². The number of hydrogen-bond acceptors (Lipinski definition) is 3. The van der Waals surface area contributed by atoms with Crippen molar-refractivity contribution in [3.05, 3.63) is 59.2 Å². The van der Waals surface area contributed by atoms with E-state index in [1.54, 1.807) is 19.9 Å². The van der Waals surface area contributed by atoms with Gasteiger partial charge in [0.05, 0.1) is 5.56 Å². The van der Waals surface area contributed by atoms with Crippen LogP contribution < -0.4 is 5.32 Å². The molecule has 2 aromatic rings. The topological polar surface area (TPSA) is 70.7 Å². The highest BCUT2D eigenvalue weighted by molar-refractivity contribution is 5.93. The first kappa shape index (κ1) is 16.7. The summed E-state index contributed by atoms with van der Waals surface area (Å²) < 4.78 is 38.7. The van der Waals surface area contributed by atoms with Crippen LogP contribution >= 0.6 is 0 Å². The van der Waals surface area contributed by atoms with E-state index in [1.807, 2.05) is 0 Å². The number of rotatable bonds is 4. The molecule has 5 nitrogen and oxygen atoms in total. The van der Waals surface area contributed by atoms with E-state index in [1.165, 1.54) is 18.5 Å². The molecule has 23 heavy (non-hydrogen) atoms. The number of allylic oxidation sites excluding steroid dienone is 1. The lowest BCUT2D eigenvalue weighted by Crippen LogP contribution is -2.30. The molecule has 0 spiro atoms. The zero-order valence-electron chi connectivity index (χ0n) is 12.5. The second-order valence-electron chi connectivity index (χ2n) is 4.87. The minimum Gasteiger partial charge on any atom is -0.338 e. The van der Waals surface area contributed by atoms with E-state index in [0.29, 0.717) is 5.57 Å². The Kier molecular flexibility index (Phi) is 4.83. The summed E-state index contributed by atoms with van der Waals surface area (Å²) in [4.78, 5) is 16.0. The number of nitrogens with zero attached hydrogens (tertiary/aromatic N) is 2. The van der Waals surface area contributed by atoms with Crippen LogP contribution in [0.25, 0.3) is 0 Å². The standard InChI is InChI=1S/C15H15F3N4O/c1-3-9(2)14(23)21-12(13-19-8-20-22-13)10-5-4-6-11(7-10)15(16,17)18/h3-8,12H,1-2H3,(H,21,23)(H,19,20,22)/b9-3+. The van der Waals surface area contributed by atoms with Gasteiger partial charge in [0.2, 0.25) is 5.91 Å². The minimum atomic E-state index is -4.47. The second-order valence-corrected chi connectivity index (χ2v) is 4.87. The molecule has 0 aliphatic rings. The highest BCUT2D eigenvalue weighted by Crippen LogP contribution is 2.31. The third kappa shape index (κ3) is 3.97. The number of aromatic nitrogens is 3. The molecule has 0 fully saturated rings. The number of H-pyrrole nitrogens is 1. The average Bonchev–Trinajstić information content (AvgIpc) is 3.05. The van der Waals surface area contributed by atoms with Crippen molar-refractivity contribution in [1.82, 2.24) is 20.5 Å². The van der Waals surface area contributed by atoms with Crippen LogP contribution in [0.1, 0.15) is 36.8 Å². The minimum absolute atomic E-state index is 0.251. The molecule has 0 saturated heterocycles. The molecule has 122 valence electrons. The lowest BCUT2D eigenvalue weighted by Gasteiger charge is -2.18. The molecule has 2 rings (SSSR count). The Hall–Kier alpha value is -2.64. The van der Waals surface area contributed by atoms with Gasteiger partial charge < -0.3 is 5.32 Å². The van der Waals surface area contributed by atoms with Crippen molar-refractivity contribution in [3.8, 4) is 0 Å². The van der Waals surface area contributed by atoms with E-state index >= 15 is 0 Å². The van der Waals surface area contributed by atoms with Crippen molar-refractivity contribution in [1.29, 1.82) is 0 Å². The summed E-state index contributed by atoms with van der Waals surface area (Å²) in [5.74, 6) is -0.145. The molecule has 1 amide bonds. The van der Waals surface area contributed by atoms with Gasteiger partial charge in [0.1, 0.15) is 12.4 Å². The molecule has 8 heteroatoms. The number of nitrogens with one attached hydrogen (secondary N) is 2. The van der Waals surface area contributed by atoms with Gasteiger partial charge in [-0.3, -0.25) is 9.89 Å². The predicted octanol–water partition coefficient (Wildman–Crippen LogP) is 3.00. The van der Waals surface area contributed by atoms with E-state index in [9.17, 15) is 18.0 Å². The van der Waals surface area contributed by atoms with E-state index < -0.39 is 23.7 Å². The van der Waals surface area contributed by atoms with Crippen molar-refractivity contribution in [2.24, 2.45) is 0 Å². The van der Waals surface area contributed by atoms with Crippen LogP contribution in [-0.2, 0) is 11.0 Å². The summed E-state index contributed by atoms with van der Waals surface area (Å²) in [6.07, 6.45) is -1.63. The molecule has 1 aromatic heterocycles. The number of halogens is 3. The summed E-state index contributed by atoms with van der Waals surface area (Å²) in [6.45, 7) is 3.31. The Morgan fingerprint density at radius 3 is 2.70 bits per heavy atom. The van der Waals surface area contributed by atoms with Crippen molar-refractivity contribution in [2.45, 2.75) is 26.1 Å². The normalized spacial score (nSPS) is 13.7. The lowest BCUT2D eigenvalue weighted by molar-refractivity contribution is -0.137. The zero-order chi connectivity index (χ0) is 17.0. The quantitative estimate of drug-likeness (QED) is 0.849. The molecule has 0 bridgehead atoms. The van der Waals surface area contributed by atoms with Gasteiger partial charge in [-0.1, -0.05) is 18.2 Å². The second kappa shape index (κ2) is 6.64. The van der Waals surface area contributed by atoms with Gasteiger partial charge in [0.15, 0.2) is 5.82 Å². The van der Waals surface area contributed by atoms with Gasteiger partial charge >= 0.3 is 6.18 Å². The molecule has 0 saturated carbocycles. The van der Waals surface area contributed by atoms with Crippen molar-refractivity contribution in [3.63, 3.8) is 0 Å². The molecule has 2 N–H and O–H groups in total. The Balaban J connectivity index is 2.41. The molecular formula is C15H15F3N4O. The Morgan fingerprint density at radius 1 is 1.39 bits per heavy atom. The Bertz CT molecular complexity index is 708. The summed E-state index contributed by atoms with van der Waals surface area (Å²) >= 11 is 0. The van der Waals surface area contributed by atoms with E-state index in [4.69, 9.17) is 0 Å². The van der Waals surface area contributed by atoms with Crippen molar-refractivity contribution in [2.75, 3.05) is 0 Å². The third-order valence-corrected chi connectivity index (χ3v) is 3.32. The predicted molar refractivity (Wildman–Crippen MR) is 77.2 cm³/mol. The average molecular weight is 324 g/mol. The smallest absolute Gasteiger partial charge is 0.338 e. The number of benzene rings is 1. The number of amides is 1. The summed E-state index contributed by atoms with van der Waals surface area (Å²) in [5.41, 5.74) is -0.0909. The fourth-order valence-electron chi connectivity index (χ4n) is 1.93. The molecule has 1 unspecified atom stereocenters. The van der Waals surface area contributed by atoms with E-state index in [0.717, 1.165) is 12.1 Å².